The van der Waals surface area contributed by atoms with Crippen LogP contribution in [0, 0.1) is 17.0 Å². The van der Waals surface area contributed by atoms with Crippen molar-refractivity contribution in [3.05, 3.63) is 55.8 Å². The summed E-state index contributed by atoms with van der Waals surface area (Å²) < 4.78 is 0. The van der Waals surface area contributed by atoms with Crippen LogP contribution in [0.4, 0.5) is 11.4 Å². The fourth-order valence-corrected chi connectivity index (χ4v) is 2.85. The number of nitro groups is 1. The Hall–Kier alpha value is -2.21. The molecule has 1 aromatic heterocycles. The molecule has 1 heterocycles. The highest BCUT2D eigenvalue weighted by atomic mass is 32.1. The molecule has 0 atom stereocenters. The number of rotatable bonds is 4. The van der Waals surface area contributed by atoms with E-state index >= 15 is 0 Å². The van der Waals surface area contributed by atoms with Crippen LogP contribution < -0.4 is 5.32 Å². The van der Waals surface area contributed by atoms with Crippen molar-refractivity contribution < 1.29 is 9.72 Å². The predicted octanol–water partition coefficient (Wildman–Crippen LogP) is 3.78. The minimum atomic E-state index is -0.470. The van der Waals surface area contributed by atoms with Gasteiger partial charge < -0.3 is 5.32 Å². The molecule has 6 heteroatoms. The number of hydrogen-bond donors (Lipinski definition) is 1. The second kappa shape index (κ2) is 5.83. The first-order valence-electron chi connectivity index (χ1n) is 6.16. The van der Waals surface area contributed by atoms with E-state index in [-0.39, 0.29) is 11.6 Å². The number of thiophene rings is 1. The number of anilines is 1. The Morgan fingerprint density at radius 2 is 2.00 bits per heavy atom. The number of amides is 1. The van der Waals surface area contributed by atoms with Gasteiger partial charge in [0.2, 0.25) is 0 Å². The van der Waals surface area contributed by atoms with Gasteiger partial charge >= 0.3 is 0 Å². The summed E-state index contributed by atoms with van der Waals surface area (Å²) in [5.41, 5.74) is 1.72. The average Bonchev–Trinajstić information content (AvgIpc) is 2.80. The van der Waals surface area contributed by atoms with Crippen LogP contribution >= 0.6 is 11.3 Å². The Balaban J connectivity index is 2.12. The first-order valence-corrected chi connectivity index (χ1v) is 6.98. The first kappa shape index (κ1) is 14.2. The summed E-state index contributed by atoms with van der Waals surface area (Å²) in [4.78, 5) is 23.9. The number of hydrogen-bond acceptors (Lipinski definition) is 4. The van der Waals surface area contributed by atoms with Gasteiger partial charge in [0, 0.05) is 22.7 Å². The summed E-state index contributed by atoms with van der Waals surface area (Å²) in [6.07, 6.45) is 0.896. The molecule has 0 aliphatic heterocycles. The highest BCUT2D eigenvalue weighted by molar-refractivity contribution is 7.14. The minimum absolute atomic E-state index is 0.00300. The molecule has 20 heavy (non-hydrogen) atoms. The zero-order valence-electron chi connectivity index (χ0n) is 11.2. The maximum atomic E-state index is 12.1. The van der Waals surface area contributed by atoms with Gasteiger partial charge in [-0.25, -0.2) is 0 Å². The van der Waals surface area contributed by atoms with Crippen LogP contribution in [0.25, 0.3) is 0 Å². The standard InChI is InChI=1S/C14H14N2O3S/c1-3-10-8-13(20-9(10)2)14(17)15-11-4-6-12(7-5-11)16(18)19/h4-8H,3H2,1-2H3,(H,15,17). The van der Waals surface area contributed by atoms with Gasteiger partial charge in [0.25, 0.3) is 11.6 Å². The van der Waals surface area contributed by atoms with Crippen molar-refractivity contribution in [1.29, 1.82) is 0 Å². The van der Waals surface area contributed by atoms with Crippen LogP contribution in [0.1, 0.15) is 27.0 Å². The molecule has 0 unspecified atom stereocenters. The van der Waals surface area contributed by atoms with E-state index in [9.17, 15) is 14.9 Å². The zero-order chi connectivity index (χ0) is 14.7. The lowest BCUT2D eigenvalue weighted by atomic mass is 10.2. The first-order chi connectivity index (χ1) is 9.51. The van der Waals surface area contributed by atoms with E-state index in [1.807, 2.05) is 19.9 Å². The number of carbonyl (C=O) groups is 1. The largest absolute Gasteiger partial charge is 0.321 e. The van der Waals surface area contributed by atoms with Gasteiger partial charge in [-0.15, -0.1) is 11.3 Å². The van der Waals surface area contributed by atoms with Gasteiger partial charge in [0.05, 0.1) is 9.80 Å². The maximum Gasteiger partial charge on any atom is 0.269 e. The summed E-state index contributed by atoms with van der Waals surface area (Å²) in [6, 6.07) is 7.68. The summed E-state index contributed by atoms with van der Waals surface area (Å²) >= 11 is 1.45. The van der Waals surface area contributed by atoms with E-state index in [1.54, 1.807) is 0 Å². The molecule has 2 aromatic rings. The van der Waals surface area contributed by atoms with Crippen LogP contribution in [0.2, 0.25) is 0 Å². The van der Waals surface area contributed by atoms with E-state index in [1.165, 1.54) is 41.2 Å². The number of nitro benzene ring substituents is 1. The summed E-state index contributed by atoms with van der Waals surface area (Å²) in [5.74, 6) is -0.188. The summed E-state index contributed by atoms with van der Waals surface area (Å²) in [6.45, 7) is 4.04. The quantitative estimate of drug-likeness (QED) is 0.688. The Morgan fingerprint density at radius 3 is 2.50 bits per heavy atom. The van der Waals surface area contributed by atoms with Crippen LogP contribution in [0.3, 0.4) is 0 Å². The van der Waals surface area contributed by atoms with Crippen molar-refractivity contribution in [3.63, 3.8) is 0 Å². The van der Waals surface area contributed by atoms with Crippen molar-refractivity contribution in [2.75, 3.05) is 5.32 Å². The second-order valence-corrected chi connectivity index (χ2v) is 5.56. The minimum Gasteiger partial charge on any atom is -0.321 e. The Labute approximate surface area is 120 Å². The lowest BCUT2D eigenvalue weighted by Crippen LogP contribution is -2.10. The molecule has 2 rings (SSSR count). The molecule has 104 valence electrons. The number of nitrogens with zero attached hydrogens (tertiary/aromatic N) is 1. The molecule has 0 fully saturated rings. The van der Waals surface area contributed by atoms with Crippen LogP contribution in [-0.2, 0) is 6.42 Å². The number of carbonyl (C=O) groups excluding carboxylic acids is 1. The summed E-state index contributed by atoms with van der Waals surface area (Å²) in [7, 11) is 0. The molecule has 0 saturated heterocycles. The monoisotopic (exact) mass is 290 g/mol. The molecule has 1 amide bonds. The second-order valence-electron chi connectivity index (χ2n) is 4.30. The van der Waals surface area contributed by atoms with Crippen molar-refractivity contribution in [1.82, 2.24) is 0 Å². The highest BCUT2D eigenvalue weighted by Gasteiger charge is 2.12. The Kier molecular flexibility index (Phi) is 4.14. The van der Waals surface area contributed by atoms with E-state index in [2.05, 4.69) is 5.32 Å². The van der Waals surface area contributed by atoms with Crippen LogP contribution in [0.15, 0.2) is 30.3 Å². The SMILES string of the molecule is CCc1cc(C(=O)Nc2ccc([N+](=O)[O-])cc2)sc1C. The number of nitrogens with one attached hydrogen (secondary N) is 1. The molecule has 0 aliphatic rings. The molecule has 1 N–H and O–H groups in total. The molecule has 0 spiro atoms. The lowest BCUT2D eigenvalue weighted by Gasteiger charge is -2.02. The third kappa shape index (κ3) is 3.03. The van der Waals surface area contributed by atoms with Gasteiger partial charge in [-0.05, 0) is 37.1 Å². The van der Waals surface area contributed by atoms with Gasteiger partial charge in [0.1, 0.15) is 0 Å². The van der Waals surface area contributed by atoms with Crippen molar-refractivity contribution >= 4 is 28.6 Å². The fourth-order valence-electron chi connectivity index (χ4n) is 1.84. The van der Waals surface area contributed by atoms with Gasteiger partial charge in [-0.3, -0.25) is 14.9 Å². The van der Waals surface area contributed by atoms with Crippen molar-refractivity contribution in [2.24, 2.45) is 0 Å². The predicted molar refractivity (Wildman–Crippen MR) is 79.5 cm³/mol. The molecule has 0 bridgehead atoms. The number of benzene rings is 1. The van der Waals surface area contributed by atoms with E-state index in [0.29, 0.717) is 10.6 Å². The van der Waals surface area contributed by atoms with Gasteiger partial charge in [-0.2, -0.15) is 0 Å². The average molecular weight is 290 g/mol. The molecule has 0 aliphatic carbocycles. The van der Waals surface area contributed by atoms with E-state index in [0.717, 1.165) is 11.3 Å². The fraction of sp³-hybridized carbons (Fsp3) is 0.214. The zero-order valence-corrected chi connectivity index (χ0v) is 12.0. The molecule has 1 aromatic carbocycles. The van der Waals surface area contributed by atoms with Crippen molar-refractivity contribution in [3.8, 4) is 0 Å². The third-order valence-electron chi connectivity index (χ3n) is 2.96. The van der Waals surface area contributed by atoms with Crippen LogP contribution in [-0.4, -0.2) is 10.8 Å². The Bertz CT molecular complexity index is 647. The number of non-ortho nitro benzene ring substituents is 1. The topological polar surface area (TPSA) is 72.2 Å². The van der Waals surface area contributed by atoms with Crippen molar-refractivity contribution in [2.45, 2.75) is 20.3 Å². The number of aryl methyl sites for hydroxylation is 2. The Morgan fingerprint density at radius 1 is 1.35 bits per heavy atom. The van der Waals surface area contributed by atoms with Crippen LogP contribution in [0.5, 0.6) is 0 Å². The lowest BCUT2D eigenvalue weighted by molar-refractivity contribution is -0.384. The molecule has 0 saturated carbocycles. The third-order valence-corrected chi connectivity index (χ3v) is 4.05. The molecular weight excluding hydrogens is 276 g/mol. The van der Waals surface area contributed by atoms with E-state index < -0.39 is 4.92 Å². The van der Waals surface area contributed by atoms with E-state index in [4.69, 9.17) is 0 Å². The molecule has 5 nitrogen and oxygen atoms in total. The molecular formula is C14H14N2O3S. The smallest absolute Gasteiger partial charge is 0.269 e. The maximum absolute atomic E-state index is 12.1. The normalized spacial score (nSPS) is 10.3. The van der Waals surface area contributed by atoms with Gasteiger partial charge in [-0.1, -0.05) is 6.92 Å². The molecule has 0 radical (unpaired) electrons. The summed E-state index contributed by atoms with van der Waals surface area (Å²) in [5, 5.41) is 13.3. The van der Waals surface area contributed by atoms with Gasteiger partial charge in [0.15, 0.2) is 0 Å². The highest BCUT2D eigenvalue weighted by Crippen LogP contribution is 2.23.